The fraction of sp³-hybridized carbons (Fsp3) is 0.417. The molecule has 0 amide bonds. The van der Waals surface area contributed by atoms with Crippen LogP contribution < -0.4 is 5.73 Å². The highest BCUT2D eigenvalue weighted by atomic mass is 15.3. The summed E-state index contributed by atoms with van der Waals surface area (Å²) < 4.78 is 2.04. The van der Waals surface area contributed by atoms with E-state index in [-0.39, 0.29) is 0 Å². The van der Waals surface area contributed by atoms with Crippen molar-refractivity contribution in [1.29, 1.82) is 0 Å². The summed E-state index contributed by atoms with van der Waals surface area (Å²) in [6.45, 7) is 5.19. The Kier molecular flexibility index (Phi) is 2.62. The minimum atomic E-state index is 0.848. The van der Waals surface area contributed by atoms with Gasteiger partial charge in [0.15, 0.2) is 0 Å². The Morgan fingerprint density at radius 1 is 1.40 bits per heavy atom. The average molecular weight is 203 g/mol. The van der Waals surface area contributed by atoms with Crippen LogP contribution in [-0.4, -0.2) is 9.78 Å². The van der Waals surface area contributed by atoms with E-state index in [0.29, 0.717) is 0 Å². The summed E-state index contributed by atoms with van der Waals surface area (Å²) in [4.78, 5) is 0. The third kappa shape index (κ3) is 1.82. The van der Waals surface area contributed by atoms with Gasteiger partial charge in [-0.2, -0.15) is 5.10 Å². The second-order valence-electron chi connectivity index (χ2n) is 3.99. The highest BCUT2D eigenvalue weighted by Gasteiger charge is 2.04. The summed E-state index contributed by atoms with van der Waals surface area (Å²) in [5.74, 6) is 0. The Morgan fingerprint density at radius 2 is 2.20 bits per heavy atom. The van der Waals surface area contributed by atoms with Crippen LogP contribution in [0.3, 0.4) is 0 Å². The van der Waals surface area contributed by atoms with Crippen molar-refractivity contribution >= 4 is 16.6 Å². The summed E-state index contributed by atoms with van der Waals surface area (Å²) in [5.41, 5.74) is 9.02. The number of unbranched alkanes of at least 4 members (excludes halogenated alkanes) is 1. The third-order valence-corrected chi connectivity index (χ3v) is 2.75. The fourth-order valence-electron chi connectivity index (χ4n) is 1.74. The Labute approximate surface area is 89.9 Å². The number of fused-ring (bicyclic) bond motifs is 1. The summed E-state index contributed by atoms with van der Waals surface area (Å²) in [6, 6.07) is 4.12. The molecule has 3 heteroatoms. The highest BCUT2D eigenvalue weighted by molar-refractivity contribution is 5.83. The molecule has 1 aromatic heterocycles. The molecule has 0 unspecified atom stereocenters. The Morgan fingerprint density at radius 3 is 2.93 bits per heavy atom. The van der Waals surface area contributed by atoms with E-state index in [2.05, 4.69) is 18.1 Å². The molecule has 80 valence electrons. The molecule has 0 fully saturated rings. The molecule has 2 aromatic rings. The molecule has 0 saturated carbocycles. The fourth-order valence-corrected chi connectivity index (χ4v) is 1.74. The molecule has 0 bridgehead atoms. The van der Waals surface area contributed by atoms with Crippen LogP contribution in [0.15, 0.2) is 18.3 Å². The van der Waals surface area contributed by atoms with Crippen molar-refractivity contribution in [3.8, 4) is 0 Å². The number of aromatic nitrogens is 2. The number of benzene rings is 1. The van der Waals surface area contributed by atoms with E-state index in [1.807, 2.05) is 23.9 Å². The number of aryl methyl sites for hydroxylation is 2. The Bertz CT molecular complexity index is 471. The van der Waals surface area contributed by atoms with E-state index in [4.69, 9.17) is 5.73 Å². The van der Waals surface area contributed by atoms with E-state index in [0.717, 1.165) is 29.7 Å². The highest BCUT2D eigenvalue weighted by Crippen LogP contribution is 2.21. The van der Waals surface area contributed by atoms with Crippen molar-refractivity contribution in [2.24, 2.45) is 0 Å². The standard InChI is InChI=1S/C12H17N3/c1-3-4-5-15-12-7-11(13)9(2)6-10(12)8-14-15/h6-8H,3-5,13H2,1-2H3. The lowest BCUT2D eigenvalue weighted by molar-refractivity contribution is 0.588. The second kappa shape index (κ2) is 3.93. The summed E-state index contributed by atoms with van der Waals surface area (Å²) in [7, 11) is 0. The van der Waals surface area contributed by atoms with Gasteiger partial charge in [0.25, 0.3) is 0 Å². The molecule has 0 saturated heterocycles. The van der Waals surface area contributed by atoms with Gasteiger partial charge < -0.3 is 5.73 Å². The molecule has 2 N–H and O–H groups in total. The first kappa shape index (κ1) is 10.0. The van der Waals surface area contributed by atoms with Crippen LogP contribution in [-0.2, 0) is 6.54 Å². The van der Waals surface area contributed by atoms with E-state index in [9.17, 15) is 0 Å². The number of rotatable bonds is 3. The maximum absolute atomic E-state index is 5.90. The zero-order valence-corrected chi connectivity index (χ0v) is 9.33. The number of hydrogen-bond acceptors (Lipinski definition) is 2. The van der Waals surface area contributed by atoms with E-state index in [1.54, 1.807) is 0 Å². The molecule has 15 heavy (non-hydrogen) atoms. The summed E-state index contributed by atoms with van der Waals surface area (Å²) in [6.07, 6.45) is 4.25. The van der Waals surface area contributed by atoms with Gasteiger partial charge in [-0.25, -0.2) is 0 Å². The second-order valence-corrected chi connectivity index (χ2v) is 3.99. The first-order valence-electron chi connectivity index (χ1n) is 5.44. The lowest BCUT2D eigenvalue weighted by atomic mass is 10.1. The maximum atomic E-state index is 5.90. The molecule has 1 aromatic carbocycles. The van der Waals surface area contributed by atoms with Crippen molar-refractivity contribution in [3.63, 3.8) is 0 Å². The SMILES string of the molecule is CCCCn1ncc2cc(C)c(N)cc21. The molecule has 0 atom stereocenters. The van der Waals surface area contributed by atoms with E-state index >= 15 is 0 Å². The minimum absolute atomic E-state index is 0.848. The minimum Gasteiger partial charge on any atom is -0.398 e. The van der Waals surface area contributed by atoms with Crippen LogP contribution in [0, 0.1) is 6.92 Å². The lowest BCUT2D eigenvalue weighted by Gasteiger charge is -2.04. The van der Waals surface area contributed by atoms with Crippen molar-refractivity contribution in [2.45, 2.75) is 33.2 Å². The lowest BCUT2D eigenvalue weighted by Crippen LogP contribution is -2.00. The number of anilines is 1. The Balaban J connectivity index is 2.45. The van der Waals surface area contributed by atoms with Crippen LogP contribution in [0.5, 0.6) is 0 Å². The molecule has 1 heterocycles. The number of nitrogens with two attached hydrogens (primary N) is 1. The number of nitrogens with zero attached hydrogens (tertiary/aromatic N) is 2. The van der Waals surface area contributed by atoms with Crippen molar-refractivity contribution < 1.29 is 0 Å². The molecule has 0 radical (unpaired) electrons. The Hall–Kier alpha value is -1.51. The molecule has 0 aliphatic carbocycles. The molecule has 0 aliphatic heterocycles. The first-order valence-corrected chi connectivity index (χ1v) is 5.44. The molecular weight excluding hydrogens is 186 g/mol. The van der Waals surface area contributed by atoms with Crippen LogP contribution in [0.4, 0.5) is 5.69 Å². The largest absolute Gasteiger partial charge is 0.398 e. The van der Waals surface area contributed by atoms with Crippen LogP contribution in [0.2, 0.25) is 0 Å². The molecule has 0 spiro atoms. The van der Waals surface area contributed by atoms with Gasteiger partial charge in [0.1, 0.15) is 0 Å². The van der Waals surface area contributed by atoms with E-state index < -0.39 is 0 Å². The van der Waals surface area contributed by atoms with Gasteiger partial charge in [-0.1, -0.05) is 13.3 Å². The van der Waals surface area contributed by atoms with Gasteiger partial charge >= 0.3 is 0 Å². The topological polar surface area (TPSA) is 43.8 Å². The maximum Gasteiger partial charge on any atom is 0.0703 e. The van der Waals surface area contributed by atoms with Crippen molar-refractivity contribution in [2.75, 3.05) is 5.73 Å². The average Bonchev–Trinajstić information content (AvgIpc) is 2.59. The number of nitrogen functional groups attached to an aromatic ring is 1. The van der Waals surface area contributed by atoms with Crippen LogP contribution >= 0.6 is 0 Å². The van der Waals surface area contributed by atoms with Gasteiger partial charge in [0, 0.05) is 17.6 Å². The smallest absolute Gasteiger partial charge is 0.0703 e. The van der Waals surface area contributed by atoms with Gasteiger partial charge in [-0.05, 0) is 31.0 Å². The van der Waals surface area contributed by atoms with Crippen LogP contribution in [0.25, 0.3) is 10.9 Å². The van der Waals surface area contributed by atoms with Crippen molar-refractivity contribution in [1.82, 2.24) is 9.78 Å². The summed E-state index contributed by atoms with van der Waals surface area (Å²) in [5, 5.41) is 5.55. The van der Waals surface area contributed by atoms with Gasteiger partial charge in [0.2, 0.25) is 0 Å². The van der Waals surface area contributed by atoms with Gasteiger partial charge in [-0.15, -0.1) is 0 Å². The van der Waals surface area contributed by atoms with Gasteiger partial charge in [0.05, 0.1) is 11.7 Å². The normalized spacial score (nSPS) is 11.1. The number of hydrogen-bond donors (Lipinski definition) is 1. The molecular formula is C12H17N3. The summed E-state index contributed by atoms with van der Waals surface area (Å²) >= 11 is 0. The zero-order valence-electron chi connectivity index (χ0n) is 9.33. The van der Waals surface area contributed by atoms with E-state index in [1.165, 1.54) is 11.8 Å². The zero-order chi connectivity index (χ0) is 10.8. The first-order chi connectivity index (χ1) is 7.22. The van der Waals surface area contributed by atoms with Crippen LogP contribution in [0.1, 0.15) is 25.3 Å². The third-order valence-electron chi connectivity index (χ3n) is 2.75. The molecule has 0 aliphatic rings. The molecule has 2 rings (SSSR count). The molecule has 3 nitrogen and oxygen atoms in total. The monoisotopic (exact) mass is 203 g/mol. The quantitative estimate of drug-likeness (QED) is 0.779. The predicted octanol–water partition coefficient (Wildman–Crippen LogP) is 2.73. The van der Waals surface area contributed by atoms with Gasteiger partial charge in [-0.3, -0.25) is 4.68 Å². The predicted molar refractivity (Wildman–Crippen MR) is 63.8 cm³/mol. The van der Waals surface area contributed by atoms with Crippen molar-refractivity contribution in [3.05, 3.63) is 23.9 Å².